The number of carbonyl (C=O) groups excluding carboxylic acids is 1. The minimum absolute atomic E-state index is 0.0267. The van der Waals surface area contributed by atoms with Gasteiger partial charge >= 0.3 is 0 Å². The maximum Gasteiger partial charge on any atom is 0.246 e. The third-order valence-electron chi connectivity index (χ3n) is 2.53. The zero-order valence-electron chi connectivity index (χ0n) is 10.3. The number of benzene rings is 1. The van der Waals surface area contributed by atoms with E-state index in [1.165, 1.54) is 10.9 Å². The maximum absolute atomic E-state index is 11.8. The highest BCUT2D eigenvalue weighted by atomic mass is 35.5. The average Bonchev–Trinajstić information content (AvgIpc) is 2.81. The monoisotopic (exact) mass is 280 g/mol. The Bertz CT molecular complexity index is 597. The number of nitrogens with one attached hydrogen (secondary N) is 1. The first-order valence-corrected chi connectivity index (χ1v) is 6.02. The van der Waals surface area contributed by atoms with Crippen molar-refractivity contribution in [3.8, 4) is 0 Å². The molecule has 1 heterocycles. The van der Waals surface area contributed by atoms with E-state index in [2.05, 4.69) is 15.6 Å². The van der Waals surface area contributed by atoms with Crippen LogP contribution >= 0.6 is 11.6 Å². The van der Waals surface area contributed by atoms with Crippen LogP contribution in [0.4, 0.5) is 5.69 Å². The second-order valence-electron chi connectivity index (χ2n) is 4.07. The van der Waals surface area contributed by atoms with Crippen LogP contribution in [0.5, 0.6) is 0 Å². The summed E-state index contributed by atoms with van der Waals surface area (Å²) in [5.74, 6) is -0.236. The normalized spacial score (nSPS) is 10.5. The van der Waals surface area contributed by atoms with Crippen LogP contribution in [-0.4, -0.2) is 26.0 Å². The predicted molar refractivity (Wildman–Crippen MR) is 70.8 cm³/mol. The highest BCUT2D eigenvalue weighted by molar-refractivity contribution is 6.31. The fourth-order valence-electron chi connectivity index (χ4n) is 1.55. The Hall–Kier alpha value is -1.92. The van der Waals surface area contributed by atoms with Crippen molar-refractivity contribution in [3.63, 3.8) is 0 Å². The predicted octanol–water partition coefficient (Wildman–Crippen LogP) is 1.37. The van der Waals surface area contributed by atoms with Crippen LogP contribution in [0, 0.1) is 6.92 Å². The molecule has 1 aromatic carbocycles. The highest BCUT2D eigenvalue weighted by Crippen LogP contribution is 2.20. The minimum atomic E-state index is -0.236. The van der Waals surface area contributed by atoms with E-state index < -0.39 is 0 Å². The summed E-state index contributed by atoms with van der Waals surface area (Å²) in [5.41, 5.74) is 2.01. The molecule has 6 nitrogen and oxygen atoms in total. The van der Waals surface area contributed by atoms with Crippen LogP contribution in [0.3, 0.4) is 0 Å². The molecule has 0 bridgehead atoms. The number of halogens is 1. The van der Waals surface area contributed by atoms with Gasteiger partial charge < -0.3 is 10.4 Å². The summed E-state index contributed by atoms with van der Waals surface area (Å²) in [5, 5.41) is 19.6. The number of rotatable bonds is 4. The number of anilines is 1. The number of aliphatic hydroxyl groups excluding tert-OH is 1. The Labute approximate surface area is 115 Å². The van der Waals surface area contributed by atoms with E-state index in [1.54, 1.807) is 12.1 Å². The summed E-state index contributed by atoms with van der Waals surface area (Å²) in [6, 6.07) is 5.28. The first kappa shape index (κ1) is 13.5. The van der Waals surface area contributed by atoms with Crippen molar-refractivity contribution < 1.29 is 9.90 Å². The van der Waals surface area contributed by atoms with Gasteiger partial charge in [-0.1, -0.05) is 22.9 Å². The number of hydrogen-bond donors (Lipinski definition) is 2. The fraction of sp³-hybridized carbons (Fsp3) is 0.250. The van der Waals surface area contributed by atoms with Crippen LogP contribution in [-0.2, 0) is 17.9 Å². The molecule has 2 N–H and O–H groups in total. The second-order valence-corrected chi connectivity index (χ2v) is 4.51. The van der Waals surface area contributed by atoms with E-state index >= 15 is 0 Å². The number of aryl methyl sites for hydroxylation is 1. The summed E-state index contributed by atoms with van der Waals surface area (Å²) >= 11 is 5.88. The quantitative estimate of drug-likeness (QED) is 0.886. The highest BCUT2D eigenvalue weighted by Gasteiger charge is 2.08. The third-order valence-corrected chi connectivity index (χ3v) is 2.76. The molecule has 0 spiro atoms. The zero-order chi connectivity index (χ0) is 13.8. The van der Waals surface area contributed by atoms with E-state index in [4.69, 9.17) is 16.7 Å². The lowest BCUT2D eigenvalue weighted by atomic mass is 10.2. The molecule has 0 aliphatic rings. The van der Waals surface area contributed by atoms with Gasteiger partial charge in [0.2, 0.25) is 5.91 Å². The third kappa shape index (κ3) is 3.52. The number of amides is 1. The van der Waals surface area contributed by atoms with Crippen LogP contribution in [0.25, 0.3) is 0 Å². The minimum Gasteiger partial charge on any atom is -0.390 e. The van der Waals surface area contributed by atoms with E-state index in [-0.39, 0.29) is 19.1 Å². The molecule has 0 saturated heterocycles. The molecule has 19 heavy (non-hydrogen) atoms. The molecule has 0 atom stereocenters. The van der Waals surface area contributed by atoms with Gasteiger partial charge in [-0.25, -0.2) is 4.68 Å². The molecule has 0 aliphatic carbocycles. The Balaban J connectivity index is 2.03. The second kappa shape index (κ2) is 5.81. The molecule has 2 aromatic rings. The van der Waals surface area contributed by atoms with Crippen LogP contribution in [0.2, 0.25) is 5.02 Å². The van der Waals surface area contributed by atoms with E-state index in [0.29, 0.717) is 16.4 Å². The Morgan fingerprint density at radius 2 is 2.32 bits per heavy atom. The summed E-state index contributed by atoms with van der Waals surface area (Å²) in [4.78, 5) is 11.8. The summed E-state index contributed by atoms with van der Waals surface area (Å²) in [6.45, 7) is 1.71. The SMILES string of the molecule is Cc1ccc(Cl)cc1NC(=O)Cn1cc(CO)nn1. The van der Waals surface area contributed by atoms with Crippen LogP contribution in [0.15, 0.2) is 24.4 Å². The molecule has 0 aliphatic heterocycles. The first-order chi connectivity index (χ1) is 9.08. The van der Waals surface area contributed by atoms with E-state index in [9.17, 15) is 4.79 Å². The number of aliphatic hydroxyl groups is 1. The van der Waals surface area contributed by atoms with Gasteiger partial charge in [0.25, 0.3) is 0 Å². The van der Waals surface area contributed by atoms with Gasteiger partial charge in [-0.2, -0.15) is 0 Å². The summed E-state index contributed by atoms with van der Waals surface area (Å²) < 4.78 is 1.36. The van der Waals surface area contributed by atoms with Gasteiger partial charge in [0.05, 0.1) is 12.8 Å². The number of carbonyl (C=O) groups is 1. The van der Waals surface area contributed by atoms with Crippen molar-refractivity contribution in [1.82, 2.24) is 15.0 Å². The van der Waals surface area contributed by atoms with Gasteiger partial charge in [-0.3, -0.25) is 4.79 Å². The van der Waals surface area contributed by atoms with Gasteiger partial charge in [-0.15, -0.1) is 5.10 Å². The lowest BCUT2D eigenvalue weighted by Gasteiger charge is -2.08. The smallest absolute Gasteiger partial charge is 0.246 e. The Kier molecular flexibility index (Phi) is 4.13. The number of aromatic nitrogens is 3. The standard InChI is InChI=1S/C12H13ClN4O2/c1-8-2-3-9(13)4-11(8)14-12(19)6-17-5-10(7-18)15-16-17/h2-5,18H,6-7H2,1H3,(H,14,19). The molecule has 1 amide bonds. The molecule has 0 fully saturated rings. The molecule has 0 unspecified atom stereocenters. The zero-order valence-corrected chi connectivity index (χ0v) is 11.1. The van der Waals surface area contributed by atoms with Crippen molar-refractivity contribution in [1.29, 1.82) is 0 Å². The van der Waals surface area contributed by atoms with Gasteiger partial charge in [0.15, 0.2) is 0 Å². The molecule has 0 saturated carbocycles. The first-order valence-electron chi connectivity index (χ1n) is 5.64. The molecule has 0 radical (unpaired) electrons. The van der Waals surface area contributed by atoms with Crippen molar-refractivity contribution in [2.45, 2.75) is 20.1 Å². The average molecular weight is 281 g/mol. The summed E-state index contributed by atoms with van der Waals surface area (Å²) in [6.07, 6.45) is 1.52. The van der Waals surface area contributed by atoms with E-state index in [1.807, 2.05) is 13.0 Å². The van der Waals surface area contributed by atoms with Gasteiger partial charge in [0.1, 0.15) is 12.2 Å². The molecular formula is C12H13ClN4O2. The molecule has 100 valence electrons. The number of nitrogens with zero attached hydrogens (tertiary/aromatic N) is 3. The van der Waals surface area contributed by atoms with Crippen molar-refractivity contribution in [2.24, 2.45) is 0 Å². The Morgan fingerprint density at radius 3 is 3.00 bits per heavy atom. The van der Waals surface area contributed by atoms with Crippen molar-refractivity contribution in [3.05, 3.63) is 40.7 Å². The Morgan fingerprint density at radius 1 is 1.53 bits per heavy atom. The lowest BCUT2D eigenvalue weighted by Crippen LogP contribution is -2.19. The lowest BCUT2D eigenvalue weighted by molar-refractivity contribution is -0.116. The fourth-order valence-corrected chi connectivity index (χ4v) is 1.73. The van der Waals surface area contributed by atoms with Crippen molar-refractivity contribution >= 4 is 23.2 Å². The molecule has 1 aromatic heterocycles. The van der Waals surface area contributed by atoms with Gasteiger partial charge in [-0.05, 0) is 24.6 Å². The molecule has 2 rings (SSSR count). The number of hydrogen-bond acceptors (Lipinski definition) is 4. The topological polar surface area (TPSA) is 80.0 Å². The van der Waals surface area contributed by atoms with Crippen LogP contribution in [0.1, 0.15) is 11.3 Å². The van der Waals surface area contributed by atoms with Crippen LogP contribution < -0.4 is 5.32 Å². The maximum atomic E-state index is 11.8. The molecule has 7 heteroatoms. The van der Waals surface area contributed by atoms with Crippen molar-refractivity contribution in [2.75, 3.05) is 5.32 Å². The summed E-state index contributed by atoms with van der Waals surface area (Å²) in [7, 11) is 0. The van der Waals surface area contributed by atoms with Gasteiger partial charge in [0, 0.05) is 10.7 Å². The largest absolute Gasteiger partial charge is 0.390 e. The molecular weight excluding hydrogens is 268 g/mol. The van der Waals surface area contributed by atoms with E-state index in [0.717, 1.165) is 5.56 Å².